The fraction of sp³-hybridized carbons (Fsp3) is 0.875. The zero-order chi connectivity index (χ0) is 8.27. The molecular formula is C8H17N2O+. The van der Waals surface area contributed by atoms with Crippen LogP contribution in [0.4, 0.5) is 0 Å². The Kier molecular flexibility index (Phi) is 2.88. The minimum absolute atomic E-state index is 0.753. The minimum atomic E-state index is 0.753. The van der Waals surface area contributed by atoms with E-state index in [2.05, 4.69) is 23.6 Å². The number of ether oxygens (including phenoxy) is 1. The Hall–Kier alpha value is -0.570. The highest BCUT2D eigenvalue weighted by atomic mass is 16.5. The average molecular weight is 157 g/mol. The maximum Gasteiger partial charge on any atom is 0.273 e. The van der Waals surface area contributed by atoms with Crippen LogP contribution in [0.15, 0.2) is 0 Å². The van der Waals surface area contributed by atoms with E-state index in [1.807, 2.05) is 6.92 Å². The molecule has 0 aliphatic carbocycles. The third kappa shape index (κ3) is 1.93. The standard InChI is InChI=1S/C8H17N2O/c1-4-11-7-8-9(2)5-6-10(8)3/h4-7H2,1-3H3/q+1. The molecule has 1 aliphatic rings. The second-order valence-electron chi connectivity index (χ2n) is 2.90. The molecule has 11 heavy (non-hydrogen) atoms. The molecule has 0 fully saturated rings. The summed E-state index contributed by atoms with van der Waals surface area (Å²) in [6, 6.07) is 0. The molecule has 0 atom stereocenters. The van der Waals surface area contributed by atoms with Gasteiger partial charge in [-0.2, -0.15) is 0 Å². The van der Waals surface area contributed by atoms with E-state index >= 15 is 0 Å². The molecule has 1 aliphatic heterocycles. The monoisotopic (exact) mass is 157 g/mol. The lowest BCUT2D eigenvalue weighted by atomic mass is 10.5. The normalized spacial score (nSPS) is 18.3. The smallest absolute Gasteiger partial charge is 0.273 e. The predicted octanol–water partition coefficient (Wildman–Crippen LogP) is 0.00910. The fourth-order valence-corrected chi connectivity index (χ4v) is 1.26. The fourth-order valence-electron chi connectivity index (χ4n) is 1.26. The van der Waals surface area contributed by atoms with Crippen LogP contribution in [0.2, 0.25) is 0 Å². The predicted molar refractivity (Wildman–Crippen MR) is 45.2 cm³/mol. The van der Waals surface area contributed by atoms with Gasteiger partial charge in [0.1, 0.15) is 19.7 Å². The summed E-state index contributed by atoms with van der Waals surface area (Å²) in [7, 11) is 4.22. The molecule has 0 N–H and O–H groups in total. The largest absolute Gasteiger partial charge is 0.369 e. The first-order valence-corrected chi connectivity index (χ1v) is 4.11. The van der Waals surface area contributed by atoms with Crippen LogP contribution in [0.1, 0.15) is 6.92 Å². The highest BCUT2D eigenvalue weighted by Gasteiger charge is 2.23. The maximum absolute atomic E-state index is 5.34. The van der Waals surface area contributed by atoms with Crippen molar-refractivity contribution in [1.82, 2.24) is 4.90 Å². The SMILES string of the molecule is CCOCC1=[N+](C)CCN1C. The molecule has 0 bridgehead atoms. The van der Waals surface area contributed by atoms with E-state index in [0.717, 1.165) is 26.3 Å². The third-order valence-electron chi connectivity index (χ3n) is 2.09. The van der Waals surface area contributed by atoms with E-state index in [0.29, 0.717) is 0 Å². The molecule has 0 saturated carbocycles. The summed E-state index contributed by atoms with van der Waals surface area (Å²) in [5, 5.41) is 0. The number of hydrogen-bond donors (Lipinski definition) is 0. The van der Waals surface area contributed by atoms with Crippen molar-refractivity contribution < 1.29 is 9.31 Å². The van der Waals surface area contributed by atoms with Gasteiger partial charge in [-0.3, -0.25) is 9.48 Å². The number of hydrogen-bond acceptors (Lipinski definition) is 2. The molecule has 64 valence electrons. The maximum atomic E-state index is 5.34. The van der Waals surface area contributed by atoms with Gasteiger partial charge in [0.2, 0.25) is 0 Å². The topological polar surface area (TPSA) is 15.5 Å². The van der Waals surface area contributed by atoms with Gasteiger partial charge in [-0.1, -0.05) is 0 Å². The van der Waals surface area contributed by atoms with Gasteiger partial charge in [-0.25, -0.2) is 0 Å². The van der Waals surface area contributed by atoms with Crippen LogP contribution in [0.5, 0.6) is 0 Å². The Morgan fingerprint density at radius 2 is 2.36 bits per heavy atom. The van der Waals surface area contributed by atoms with Crippen molar-refractivity contribution >= 4 is 5.84 Å². The van der Waals surface area contributed by atoms with Gasteiger partial charge in [-0.05, 0) is 6.92 Å². The zero-order valence-corrected chi connectivity index (χ0v) is 7.63. The Morgan fingerprint density at radius 3 is 2.82 bits per heavy atom. The lowest BCUT2D eigenvalue weighted by molar-refractivity contribution is -0.488. The van der Waals surface area contributed by atoms with Crippen LogP contribution < -0.4 is 0 Å². The lowest BCUT2D eigenvalue weighted by Gasteiger charge is -2.05. The zero-order valence-electron chi connectivity index (χ0n) is 7.63. The summed E-state index contributed by atoms with van der Waals surface area (Å²) in [6.45, 7) is 5.82. The summed E-state index contributed by atoms with van der Waals surface area (Å²) in [6.07, 6.45) is 0. The van der Waals surface area contributed by atoms with E-state index in [1.54, 1.807) is 0 Å². The number of rotatable bonds is 3. The van der Waals surface area contributed by atoms with Gasteiger partial charge < -0.3 is 4.74 Å². The van der Waals surface area contributed by atoms with Gasteiger partial charge in [-0.15, -0.1) is 0 Å². The average Bonchev–Trinajstić information content (AvgIpc) is 2.29. The molecule has 0 amide bonds. The van der Waals surface area contributed by atoms with Crippen LogP contribution in [0.3, 0.4) is 0 Å². The van der Waals surface area contributed by atoms with E-state index in [1.165, 1.54) is 5.84 Å². The molecule has 0 aromatic rings. The Labute approximate surface area is 68.3 Å². The van der Waals surface area contributed by atoms with Crippen molar-refractivity contribution in [1.29, 1.82) is 0 Å². The van der Waals surface area contributed by atoms with E-state index in [9.17, 15) is 0 Å². The summed E-state index contributed by atoms with van der Waals surface area (Å²) >= 11 is 0. The summed E-state index contributed by atoms with van der Waals surface area (Å²) in [4.78, 5) is 2.25. The Morgan fingerprint density at radius 1 is 1.64 bits per heavy atom. The summed E-state index contributed by atoms with van der Waals surface area (Å²) in [5.41, 5.74) is 0. The van der Waals surface area contributed by atoms with Crippen LogP contribution in [0.25, 0.3) is 0 Å². The molecule has 0 spiro atoms. The number of nitrogens with zero attached hydrogens (tertiary/aromatic N) is 2. The molecule has 3 heteroatoms. The van der Waals surface area contributed by atoms with Crippen LogP contribution in [-0.4, -0.2) is 55.7 Å². The second kappa shape index (κ2) is 3.72. The van der Waals surface area contributed by atoms with Gasteiger partial charge >= 0.3 is 0 Å². The van der Waals surface area contributed by atoms with E-state index in [-0.39, 0.29) is 0 Å². The van der Waals surface area contributed by atoms with Gasteiger partial charge in [0.15, 0.2) is 0 Å². The summed E-state index contributed by atoms with van der Waals surface area (Å²) in [5.74, 6) is 1.30. The first-order chi connectivity index (χ1) is 5.25. The molecule has 0 radical (unpaired) electrons. The van der Waals surface area contributed by atoms with E-state index < -0.39 is 0 Å². The number of likely N-dealkylation sites (N-methyl/N-ethyl adjacent to an activating group) is 2. The van der Waals surface area contributed by atoms with Gasteiger partial charge in [0.05, 0.1) is 14.1 Å². The van der Waals surface area contributed by atoms with Crippen LogP contribution in [-0.2, 0) is 4.74 Å². The lowest BCUT2D eigenvalue weighted by Crippen LogP contribution is -2.29. The third-order valence-corrected chi connectivity index (χ3v) is 2.09. The van der Waals surface area contributed by atoms with Gasteiger partial charge in [0.25, 0.3) is 5.84 Å². The van der Waals surface area contributed by atoms with Crippen LogP contribution in [0, 0.1) is 0 Å². The summed E-state index contributed by atoms with van der Waals surface area (Å²) < 4.78 is 7.58. The second-order valence-corrected chi connectivity index (χ2v) is 2.90. The molecule has 0 saturated heterocycles. The first kappa shape index (κ1) is 8.53. The molecule has 1 heterocycles. The Bertz CT molecular complexity index is 165. The molecule has 0 unspecified atom stereocenters. The van der Waals surface area contributed by atoms with Crippen LogP contribution >= 0.6 is 0 Å². The molecular weight excluding hydrogens is 140 g/mol. The highest BCUT2D eigenvalue weighted by molar-refractivity contribution is 5.79. The number of amidine groups is 1. The van der Waals surface area contributed by atoms with Gasteiger partial charge in [0, 0.05) is 6.61 Å². The van der Waals surface area contributed by atoms with Crippen molar-refractivity contribution in [3.05, 3.63) is 0 Å². The molecule has 0 aromatic carbocycles. The van der Waals surface area contributed by atoms with Crippen molar-refractivity contribution in [2.75, 3.05) is 40.4 Å². The first-order valence-electron chi connectivity index (χ1n) is 4.11. The van der Waals surface area contributed by atoms with E-state index in [4.69, 9.17) is 4.74 Å². The molecule has 3 nitrogen and oxygen atoms in total. The molecule has 0 aromatic heterocycles. The quantitative estimate of drug-likeness (QED) is 0.536. The van der Waals surface area contributed by atoms with Crippen molar-refractivity contribution in [2.24, 2.45) is 0 Å². The van der Waals surface area contributed by atoms with Crippen molar-refractivity contribution in [2.45, 2.75) is 6.92 Å². The van der Waals surface area contributed by atoms with Crippen molar-refractivity contribution in [3.63, 3.8) is 0 Å². The highest BCUT2D eigenvalue weighted by Crippen LogP contribution is 1.96. The minimum Gasteiger partial charge on any atom is -0.369 e. The Balaban J connectivity index is 2.46. The van der Waals surface area contributed by atoms with Crippen molar-refractivity contribution in [3.8, 4) is 0 Å². The molecule has 1 rings (SSSR count).